The highest BCUT2D eigenvalue weighted by Gasteiger charge is 2.24. The molecule has 1 aliphatic heterocycles. The number of carbonyl (C=O) groups excluding carboxylic acids is 1. The molecule has 0 spiro atoms. The van der Waals surface area contributed by atoms with Gasteiger partial charge in [-0.1, -0.05) is 48.5 Å². The van der Waals surface area contributed by atoms with Crippen LogP contribution in [0.5, 0.6) is 5.75 Å². The van der Waals surface area contributed by atoms with E-state index in [0.717, 1.165) is 17.7 Å². The normalized spacial score (nSPS) is 12.7. The molecule has 5 rings (SSSR count). The van der Waals surface area contributed by atoms with Crippen molar-refractivity contribution in [2.75, 3.05) is 18.1 Å². The minimum Gasteiger partial charge on any atom is -0.484 e. The van der Waals surface area contributed by atoms with Gasteiger partial charge in [0.15, 0.2) is 12.0 Å². The van der Waals surface area contributed by atoms with Gasteiger partial charge in [0.1, 0.15) is 17.6 Å². The number of hydrogen-bond donors (Lipinski definition) is 0. The number of fused-ring (bicyclic) bond motifs is 2. The summed E-state index contributed by atoms with van der Waals surface area (Å²) in [5.41, 5.74) is 3.77. The zero-order chi connectivity index (χ0) is 20.5. The molecule has 3 aromatic carbocycles. The Morgan fingerprint density at radius 2 is 1.80 bits per heavy atom. The summed E-state index contributed by atoms with van der Waals surface area (Å²) < 4.78 is 11.4. The van der Waals surface area contributed by atoms with E-state index in [-0.39, 0.29) is 17.9 Å². The van der Waals surface area contributed by atoms with E-state index >= 15 is 0 Å². The minimum absolute atomic E-state index is 0.0772. The number of amides is 1. The lowest BCUT2D eigenvalue weighted by atomic mass is 10.1. The van der Waals surface area contributed by atoms with Gasteiger partial charge in [0.25, 0.3) is 5.91 Å². The van der Waals surface area contributed by atoms with Gasteiger partial charge in [-0.25, -0.2) is 0 Å². The number of ether oxygens (including phenoxy) is 1. The number of para-hydroxylation sites is 1. The van der Waals surface area contributed by atoms with E-state index in [0.29, 0.717) is 28.8 Å². The molecule has 30 heavy (non-hydrogen) atoms. The zero-order valence-electron chi connectivity index (χ0n) is 16.2. The third-order valence-electron chi connectivity index (χ3n) is 5.38. The molecule has 0 atom stereocenters. The van der Waals surface area contributed by atoms with Crippen LogP contribution in [0.1, 0.15) is 5.56 Å². The molecule has 1 amide bonds. The summed E-state index contributed by atoms with van der Waals surface area (Å²) in [6, 6.07) is 22.3. The van der Waals surface area contributed by atoms with Crippen molar-refractivity contribution in [2.24, 2.45) is 0 Å². The fraction of sp³-hybridized carbons (Fsp3) is 0.120. The van der Waals surface area contributed by atoms with Crippen molar-refractivity contribution in [2.45, 2.75) is 6.42 Å². The highest BCUT2D eigenvalue weighted by Crippen LogP contribution is 2.28. The Balaban J connectivity index is 1.35. The van der Waals surface area contributed by atoms with Crippen LogP contribution in [-0.2, 0) is 11.2 Å². The maximum Gasteiger partial charge on any atom is 0.264 e. The van der Waals surface area contributed by atoms with Crippen molar-refractivity contribution in [3.05, 3.63) is 94.8 Å². The molecule has 0 aliphatic carbocycles. The van der Waals surface area contributed by atoms with Crippen molar-refractivity contribution < 1.29 is 13.9 Å². The van der Waals surface area contributed by atoms with Crippen LogP contribution in [0.25, 0.3) is 22.1 Å². The molecule has 0 N–H and O–H groups in total. The average molecular weight is 397 g/mol. The maximum atomic E-state index is 12.8. The summed E-state index contributed by atoms with van der Waals surface area (Å²) in [4.78, 5) is 27.2. The standard InChI is InChI=1S/C25H19NO4/c27-24(26-13-12-18-8-4-5-9-22(18)26)16-29-19-10-11-20-23(14-19)30-15-21(25(20)28)17-6-2-1-3-7-17/h1-11,14-15H,12-13,16H2. The lowest BCUT2D eigenvalue weighted by Crippen LogP contribution is -2.33. The Kier molecular flexibility index (Phi) is 4.56. The van der Waals surface area contributed by atoms with Crippen LogP contribution < -0.4 is 15.1 Å². The van der Waals surface area contributed by atoms with Crippen LogP contribution in [0.2, 0.25) is 0 Å². The van der Waals surface area contributed by atoms with E-state index in [1.54, 1.807) is 23.1 Å². The molecule has 0 radical (unpaired) electrons. The fourth-order valence-electron chi connectivity index (χ4n) is 3.84. The molecule has 2 heterocycles. The second-order valence-electron chi connectivity index (χ2n) is 7.22. The van der Waals surface area contributed by atoms with Crippen LogP contribution >= 0.6 is 0 Å². The van der Waals surface area contributed by atoms with Crippen LogP contribution in [0.3, 0.4) is 0 Å². The predicted octanol–water partition coefficient (Wildman–Crippen LogP) is 4.43. The van der Waals surface area contributed by atoms with Crippen molar-refractivity contribution in [1.29, 1.82) is 0 Å². The number of benzene rings is 3. The van der Waals surface area contributed by atoms with Gasteiger partial charge in [-0.15, -0.1) is 0 Å². The van der Waals surface area contributed by atoms with Gasteiger partial charge in [0, 0.05) is 18.3 Å². The molecule has 148 valence electrons. The summed E-state index contributed by atoms with van der Waals surface area (Å²) in [6.07, 6.45) is 2.32. The van der Waals surface area contributed by atoms with Crippen molar-refractivity contribution >= 4 is 22.6 Å². The molecule has 5 nitrogen and oxygen atoms in total. The van der Waals surface area contributed by atoms with Gasteiger partial charge in [-0.2, -0.15) is 0 Å². The van der Waals surface area contributed by atoms with Crippen molar-refractivity contribution in [3.63, 3.8) is 0 Å². The summed E-state index contributed by atoms with van der Waals surface area (Å²) in [5, 5.41) is 0.475. The molecule has 1 aromatic heterocycles. The first kappa shape index (κ1) is 18.2. The highest BCUT2D eigenvalue weighted by atomic mass is 16.5. The SMILES string of the molecule is O=C(COc1ccc2c(=O)c(-c3ccccc3)coc2c1)N1CCc2ccccc21. The van der Waals surface area contributed by atoms with Crippen molar-refractivity contribution in [3.8, 4) is 16.9 Å². The quantitative estimate of drug-likeness (QED) is 0.511. The Bertz CT molecular complexity index is 1290. The molecular formula is C25H19NO4. The van der Waals surface area contributed by atoms with Gasteiger partial charge in [0.05, 0.1) is 10.9 Å². The van der Waals surface area contributed by atoms with E-state index in [1.807, 2.05) is 54.6 Å². The third-order valence-corrected chi connectivity index (χ3v) is 5.38. The Morgan fingerprint density at radius 3 is 2.67 bits per heavy atom. The van der Waals surface area contributed by atoms with E-state index in [9.17, 15) is 9.59 Å². The Morgan fingerprint density at radius 1 is 1.00 bits per heavy atom. The van der Waals surface area contributed by atoms with E-state index < -0.39 is 0 Å². The van der Waals surface area contributed by atoms with Crippen LogP contribution in [-0.4, -0.2) is 19.1 Å². The molecule has 0 saturated heterocycles. The monoisotopic (exact) mass is 397 g/mol. The number of nitrogens with zero attached hydrogens (tertiary/aromatic N) is 1. The van der Waals surface area contributed by atoms with E-state index in [4.69, 9.17) is 9.15 Å². The smallest absolute Gasteiger partial charge is 0.264 e. The molecule has 4 aromatic rings. The second-order valence-corrected chi connectivity index (χ2v) is 7.22. The minimum atomic E-state index is -0.0984. The number of carbonyl (C=O) groups is 1. The van der Waals surface area contributed by atoms with Gasteiger partial charge in [-0.05, 0) is 35.7 Å². The van der Waals surface area contributed by atoms with E-state index in [2.05, 4.69) is 0 Å². The van der Waals surface area contributed by atoms with Crippen LogP contribution in [0, 0.1) is 0 Å². The molecule has 0 bridgehead atoms. The van der Waals surface area contributed by atoms with Crippen molar-refractivity contribution in [1.82, 2.24) is 0 Å². The predicted molar refractivity (Wildman–Crippen MR) is 116 cm³/mol. The summed E-state index contributed by atoms with van der Waals surface area (Å²) >= 11 is 0. The number of rotatable bonds is 4. The maximum absolute atomic E-state index is 12.8. The topological polar surface area (TPSA) is 59.8 Å². The largest absolute Gasteiger partial charge is 0.484 e. The lowest BCUT2D eigenvalue weighted by molar-refractivity contribution is -0.120. The molecule has 5 heteroatoms. The van der Waals surface area contributed by atoms with Crippen LogP contribution in [0.15, 0.2) is 88.3 Å². The summed E-state index contributed by atoms with van der Waals surface area (Å²) in [5.74, 6) is 0.389. The molecule has 0 fully saturated rings. The first-order valence-electron chi connectivity index (χ1n) is 9.83. The Labute approximate surface area is 173 Å². The molecule has 0 saturated carbocycles. The fourth-order valence-corrected chi connectivity index (χ4v) is 3.84. The average Bonchev–Trinajstić information content (AvgIpc) is 3.22. The zero-order valence-corrected chi connectivity index (χ0v) is 16.2. The van der Waals surface area contributed by atoms with E-state index in [1.165, 1.54) is 11.8 Å². The highest BCUT2D eigenvalue weighted by molar-refractivity contribution is 5.96. The molecule has 1 aliphatic rings. The van der Waals surface area contributed by atoms with Gasteiger partial charge >= 0.3 is 0 Å². The summed E-state index contributed by atoms with van der Waals surface area (Å²) in [7, 11) is 0. The molecular weight excluding hydrogens is 378 g/mol. The van der Waals surface area contributed by atoms with Crippen LogP contribution in [0.4, 0.5) is 5.69 Å². The second kappa shape index (κ2) is 7.52. The first-order chi connectivity index (χ1) is 14.7. The van der Waals surface area contributed by atoms with Gasteiger partial charge in [-0.3, -0.25) is 9.59 Å². The third kappa shape index (κ3) is 3.24. The lowest BCUT2D eigenvalue weighted by Gasteiger charge is -2.17. The number of hydrogen-bond acceptors (Lipinski definition) is 4. The Hall–Kier alpha value is -3.86. The summed E-state index contributed by atoms with van der Waals surface area (Å²) in [6.45, 7) is 0.586. The van der Waals surface area contributed by atoms with Gasteiger partial charge < -0.3 is 14.1 Å². The first-order valence-corrected chi connectivity index (χ1v) is 9.83. The van der Waals surface area contributed by atoms with Gasteiger partial charge in [0.2, 0.25) is 0 Å². The molecule has 0 unspecified atom stereocenters. The number of anilines is 1.